The molecule has 7 heteroatoms. The van der Waals surface area contributed by atoms with Crippen molar-refractivity contribution in [3.05, 3.63) is 42.5 Å². The first-order valence-corrected chi connectivity index (χ1v) is 11.4. The number of carbonyl (C=O) groups excluding carboxylic acids is 1. The second-order valence-corrected chi connectivity index (χ2v) is 8.15. The van der Waals surface area contributed by atoms with Crippen LogP contribution in [-0.4, -0.2) is 49.0 Å². The van der Waals surface area contributed by atoms with Crippen LogP contribution in [-0.2, 0) is 11.3 Å². The Morgan fingerprint density at radius 3 is 2.77 bits per heavy atom. The Balaban J connectivity index is 0.00000341. The number of hydrogen-bond acceptors (Lipinski definition) is 3. The SMILES string of the molecule is C=CCOc1ccccc1CN=C(NCC)NC1CCN(C(=O)C2CCCCC2)C1.I. The summed E-state index contributed by atoms with van der Waals surface area (Å²) in [5.74, 6) is 2.22. The topological polar surface area (TPSA) is 66.0 Å². The number of likely N-dealkylation sites (tertiary alicyclic amines) is 1. The Kier molecular flexibility index (Phi) is 11.2. The fourth-order valence-electron chi connectivity index (χ4n) is 4.29. The quantitative estimate of drug-likeness (QED) is 0.226. The zero-order chi connectivity index (χ0) is 21.2. The van der Waals surface area contributed by atoms with Crippen molar-refractivity contribution in [3.8, 4) is 5.75 Å². The van der Waals surface area contributed by atoms with Crippen LogP contribution in [0.25, 0.3) is 0 Å². The molecule has 2 aliphatic rings. The summed E-state index contributed by atoms with van der Waals surface area (Å²) in [6.07, 6.45) is 8.49. The molecule has 1 saturated heterocycles. The van der Waals surface area contributed by atoms with Gasteiger partial charge in [0.25, 0.3) is 0 Å². The van der Waals surface area contributed by atoms with E-state index in [1.807, 2.05) is 24.3 Å². The van der Waals surface area contributed by atoms with Crippen molar-refractivity contribution in [2.75, 3.05) is 26.2 Å². The molecule has 2 N–H and O–H groups in total. The van der Waals surface area contributed by atoms with Gasteiger partial charge in [0.15, 0.2) is 5.96 Å². The summed E-state index contributed by atoms with van der Waals surface area (Å²) in [6.45, 7) is 9.17. The monoisotopic (exact) mass is 540 g/mol. The number of amides is 1. The number of hydrogen-bond donors (Lipinski definition) is 2. The van der Waals surface area contributed by atoms with Gasteiger partial charge in [0.2, 0.25) is 5.91 Å². The predicted molar refractivity (Wildman–Crippen MR) is 137 cm³/mol. The maximum Gasteiger partial charge on any atom is 0.225 e. The number of carbonyl (C=O) groups is 1. The molecule has 1 aromatic carbocycles. The molecule has 1 amide bonds. The lowest BCUT2D eigenvalue weighted by Crippen LogP contribution is -2.45. The summed E-state index contributed by atoms with van der Waals surface area (Å²) in [7, 11) is 0. The van der Waals surface area contributed by atoms with Gasteiger partial charge in [0.1, 0.15) is 12.4 Å². The molecule has 1 unspecified atom stereocenters. The van der Waals surface area contributed by atoms with Crippen molar-refractivity contribution in [1.29, 1.82) is 0 Å². The van der Waals surface area contributed by atoms with E-state index < -0.39 is 0 Å². The third-order valence-corrected chi connectivity index (χ3v) is 5.88. The highest BCUT2D eigenvalue weighted by Gasteiger charge is 2.31. The number of benzene rings is 1. The predicted octanol–water partition coefficient (Wildman–Crippen LogP) is 4.11. The van der Waals surface area contributed by atoms with Crippen LogP contribution in [0.2, 0.25) is 0 Å². The Bertz CT molecular complexity index is 734. The van der Waals surface area contributed by atoms with Crippen molar-refractivity contribution in [2.24, 2.45) is 10.9 Å². The number of aliphatic imine (C=N–C) groups is 1. The van der Waals surface area contributed by atoms with Crippen molar-refractivity contribution in [1.82, 2.24) is 15.5 Å². The number of nitrogens with one attached hydrogen (secondary N) is 2. The summed E-state index contributed by atoms with van der Waals surface area (Å²) in [4.78, 5) is 19.6. The van der Waals surface area contributed by atoms with Crippen molar-refractivity contribution in [3.63, 3.8) is 0 Å². The number of guanidine groups is 1. The van der Waals surface area contributed by atoms with Crippen LogP contribution in [0.5, 0.6) is 5.75 Å². The van der Waals surface area contributed by atoms with Gasteiger partial charge >= 0.3 is 0 Å². The van der Waals surface area contributed by atoms with Gasteiger partial charge < -0.3 is 20.3 Å². The number of rotatable bonds is 8. The smallest absolute Gasteiger partial charge is 0.225 e. The molecule has 172 valence electrons. The molecule has 0 spiro atoms. The number of halogens is 1. The third kappa shape index (κ3) is 7.70. The second kappa shape index (κ2) is 13.6. The molecule has 1 heterocycles. The van der Waals surface area contributed by atoms with E-state index in [0.717, 1.165) is 56.2 Å². The van der Waals surface area contributed by atoms with Crippen LogP contribution in [0.1, 0.15) is 51.0 Å². The van der Waals surface area contributed by atoms with E-state index in [9.17, 15) is 4.79 Å². The van der Waals surface area contributed by atoms with Gasteiger partial charge in [-0.25, -0.2) is 4.99 Å². The average Bonchev–Trinajstić information content (AvgIpc) is 3.25. The number of para-hydroxylation sites is 1. The molecule has 1 atom stereocenters. The lowest BCUT2D eigenvalue weighted by molar-refractivity contribution is -0.135. The lowest BCUT2D eigenvalue weighted by atomic mass is 9.88. The van der Waals surface area contributed by atoms with Crippen LogP contribution in [0, 0.1) is 5.92 Å². The molecule has 1 aromatic rings. The minimum Gasteiger partial charge on any atom is -0.489 e. The molecule has 2 fully saturated rings. The van der Waals surface area contributed by atoms with E-state index in [1.54, 1.807) is 6.08 Å². The van der Waals surface area contributed by atoms with Crippen LogP contribution in [0.4, 0.5) is 0 Å². The Labute approximate surface area is 203 Å². The molecule has 3 rings (SSSR count). The number of ether oxygens (including phenoxy) is 1. The van der Waals surface area contributed by atoms with Gasteiger partial charge in [-0.05, 0) is 32.3 Å². The first-order valence-electron chi connectivity index (χ1n) is 11.4. The fourth-order valence-corrected chi connectivity index (χ4v) is 4.29. The minimum absolute atomic E-state index is 0. The van der Waals surface area contributed by atoms with E-state index in [4.69, 9.17) is 9.73 Å². The highest BCUT2D eigenvalue weighted by atomic mass is 127. The molecule has 1 saturated carbocycles. The van der Waals surface area contributed by atoms with Crippen molar-refractivity contribution >= 4 is 35.8 Å². The van der Waals surface area contributed by atoms with Crippen LogP contribution in [0.3, 0.4) is 0 Å². The first kappa shape index (κ1) is 25.5. The zero-order valence-electron chi connectivity index (χ0n) is 18.6. The van der Waals surface area contributed by atoms with Gasteiger partial charge in [0.05, 0.1) is 6.54 Å². The van der Waals surface area contributed by atoms with E-state index in [-0.39, 0.29) is 35.9 Å². The maximum absolute atomic E-state index is 12.8. The van der Waals surface area contributed by atoms with Crippen molar-refractivity contribution in [2.45, 2.75) is 58.0 Å². The van der Waals surface area contributed by atoms with Gasteiger partial charge in [-0.3, -0.25) is 4.79 Å². The molecule has 0 radical (unpaired) electrons. The summed E-state index contributed by atoms with van der Waals surface area (Å²) in [6, 6.07) is 8.19. The Hall–Kier alpha value is -1.77. The van der Waals surface area contributed by atoms with E-state index in [1.165, 1.54) is 19.3 Å². The minimum atomic E-state index is 0. The zero-order valence-corrected chi connectivity index (χ0v) is 21.0. The molecule has 31 heavy (non-hydrogen) atoms. The summed E-state index contributed by atoms with van der Waals surface area (Å²) in [5.41, 5.74) is 1.04. The van der Waals surface area contributed by atoms with Crippen molar-refractivity contribution < 1.29 is 9.53 Å². The lowest BCUT2D eigenvalue weighted by Gasteiger charge is -2.26. The van der Waals surface area contributed by atoms with Gasteiger partial charge in [0, 0.05) is 37.2 Å². The summed E-state index contributed by atoms with van der Waals surface area (Å²) in [5, 5.41) is 6.85. The maximum atomic E-state index is 12.8. The summed E-state index contributed by atoms with van der Waals surface area (Å²) >= 11 is 0. The Morgan fingerprint density at radius 2 is 2.03 bits per heavy atom. The second-order valence-electron chi connectivity index (χ2n) is 8.15. The van der Waals surface area contributed by atoms with Crippen LogP contribution >= 0.6 is 24.0 Å². The molecule has 1 aliphatic heterocycles. The summed E-state index contributed by atoms with van der Waals surface area (Å²) < 4.78 is 5.74. The molecule has 1 aliphatic carbocycles. The first-order chi connectivity index (χ1) is 14.7. The molecule has 0 aromatic heterocycles. The van der Waals surface area contributed by atoms with Gasteiger partial charge in [-0.2, -0.15) is 0 Å². The molecular weight excluding hydrogens is 503 g/mol. The van der Waals surface area contributed by atoms with Gasteiger partial charge in [-0.1, -0.05) is 50.1 Å². The fraction of sp³-hybridized carbons (Fsp3) is 0.583. The van der Waals surface area contributed by atoms with E-state index >= 15 is 0 Å². The van der Waals surface area contributed by atoms with Crippen LogP contribution in [0.15, 0.2) is 41.9 Å². The molecular formula is C24H37IN4O2. The largest absolute Gasteiger partial charge is 0.489 e. The van der Waals surface area contributed by atoms with Crippen LogP contribution < -0.4 is 15.4 Å². The standard InChI is InChI=1S/C24H36N4O2.HI/c1-3-16-30-22-13-9-8-12-20(22)17-26-24(25-4-2)27-21-14-15-28(18-21)23(29)19-10-6-5-7-11-19;/h3,8-9,12-13,19,21H,1,4-7,10-11,14-18H2,2H3,(H2,25,26,27);1H. The normalized spacial score (nSPS) is 19.5. The highest BCUT2D eigenvalue weighted by molar-refractivity contribution is 14.0. The van der Waals surface area contributed by atoms with E-state index in [0.29, 0.717) is 19.1 Å². The average molecular weight is 540 g/mol. The Morgan fingerprint density at radius 1 is 1.26 bits per heavy atom. The highest BCUT2D eigenvalue weighted by Crippen LogP contribution is 2.27. The number of nitrogens with zero attached hydrogens (tertiary/aromatic N) is 2. The van der Waals surface area contributed by atoms with E-state index in [2.05, 4.69) is 29.0 Å². The molecule has 6 nitrogen and oxygen atoms in total. The third-order valence-electron chi connectivity index (χ3n) is 5.88. The van der Waals surface area contributed by atoms with Gasteiger partial charge in [-0.15, -0.1) is 24.0 Å². The molecule has 0 bridgehead atoms.